The quantitative estimate of drug-likeness (QED) is 0.877. The van der Waals surface area contributed by atoms with Crippen molar-refractivity contribution in [2.75, 3.05) is 6.54 Å². The minimum absolute atomic E-state index is 0.0993. The van der Waals surface area contributed by atoms with E-state index < -0.39 is 0 Å². The summed E-state index contributed by atoms with van der Waals surface area (Å²) in [6, 6.07) is 0.557. The molecule has 3 heterocycles. The Kier molecular flexibility index (Phi) is 3.10. The van der Waals surface area contributed by atoms with Gasteiger partial charge in [-0.05, 0) is 26.3 Å². The predicted molar refractivity (Wildman–Crippen MR) is 72.9 cm³/mol. The Bertz CT molecular complexity index is 644. The molecule has 6 nitrogen and oxygen atoms in total. The Hall–Kier alpha value is -1.69. The summed E-state index contributed by atoms with van der Waals surface area (Å²) in [5, 5.41) is 4.63. The fraction of sp³-hybridized carbons (Fsp3) is 0.615. The normalized spacial score (nSPS) is 21.1. The van der Waals surface area contributed by atoms with Crippen molar-refractivity contribution in [3.63, 3.8) is 0 Å². The molecular formula is C13H19N5O. The van der Waals surface area contributed by atoms with Gasteiger partial charge < -0.3 is 4.98 Å². The van der Waals surface area contributed by atoms with Gasteiger partial charge >= 0.3 is 0 Å². The molecule has 0 aromatic carbocycles. The van der Waals surface area contributed by atoms with Gasteiger partial charge in [0.1, 0.15) is 11.2 Å². The molecule has 3 rings (SSSR count). The average molecular weight is 261 g/mol. The fourth-order valence-electron chi connectivity index (χ4n) is 2.74. The van der Waals surface area contributed by atoms with Crippen LogP contribution < -0.4 is 5.56 Å². The number of aromatic amines is 1. The number of aryl methyl sites for hydroxylation is 1. The van der Waals surface area contributed by atoms with Crippen molar-refractivity contribution in [1.82, 2.24) is 24.6 Å². The van der Waals surface area contributed by atoms with E-state index in [1.165, 1.54) is 19.3 Å². The third-order valence-corrected chi connectivity index (χ3v) is 3.94. The molecule has 0 bridgehead atoms. The summed E-state index contributed by atoms with van der Waals surface area (Å²) in [5.74, 6) is 0.731. The number of likely N-dealkylation sites (tertiary alicyclic amines) is 1. The highest BCUT2D eigenvalue weighted by Gasteiger charge is 2.19. The van der Waals surface area contributed by atoms with Crippen molar-refractivity contribution in [3.05, 3.63) is 22.4 Å². The number of rotatable bonds is 2. The number of H-pyrrole nitrogens is 1. The monoisotopic (exact) mass is 261 g/mol. The number of fused-ring (bicyclic) bond motifs is 1. The van der Waals surface area contributed by atoms with Crippen LogP contribution in [0.1, 0.15) is 32.0 Å². The van der Waals surface area contributed by atoms with Gasteiger partial charge in [-0.1, -0.05) is 6.42 Å². The molecule has 2 aromatic rings. The fourth-order valence-corrected chi connectivity index (χ4v) is 2.74. The molecule has 0 amide bonds. The van der Waals surface area contributed by atoms with Gasteiger partial charge in [-0.15, -0.1) is 0 Å². The molecule has 1 saturated heterocycles. The zero-order valence-corrected chi connectivity index (χ0v) is 11.4. The van der Waals surface area contributed by atoms with E-state index >= 15 is 0 Å². The SMILES string of the molecule is CC1CCCCN1Cc1nc2c(cnn2C)c(=O)[nH]1. The van der Waals surface area contributed by atoms with Gasteiger partial charge in [-0.3, -0.25) is 14.4 Å². The van der Waals surface area contributed by atoms with Gasteiger partial charge in [-0.25, -0.2) is 4.98 Å². The van der Waals surface area contributed by atoms with Crippen LogP contribution >= 0.6 is 0 Å². The lowest BCUT2D eigenvalue weighted by atomic mass is 10.0. The minimum atomic E-state index is -0.0993. The second-order valence-electron chi connectivity index (χ2n) is 5.33. The minimum Gasteiger partial charge on any atom is -0.309 e. The number of hydrogen-bond acceptors (Lipinski definition) is 4. The Morgan fingerprint density at radius 3 is 3.11 bits per heavy atom. The van der Waals surface area contributed by atoms with Gasteiger partial charge in [0.05, 0.1) is 12.7 Å². The third kappa shape index (κ3) is 2.28. The zero-order chi connectivity index (χ0) is 13.4. The first-order valence-corrected chi connectivity index (χ1v) is 6.80. The van der Waals surface area contributed by atoms with Crippen molar-refractivity contribution in [3.8, 4) is 0 Å². The second kappa shape index (κ2) is 4.77. The lowest BCUT2D eigenvalue weighted by molar-refractivity contribution is 0.149. The number of piperidine rings is 1. The molecule has 0 spiro atoms. The summed E-state index contributed by atoms with van der Waals surface area (Å²) in [6.07, 6.45) is 5.30. The van der Waals surface area contributed by atoms with Crippen LogP contribution in [0.15, 0.2) is 11.0 Å². The van der Waals surface area contributed by atoms with Gasteiger partial charge in [0.25, 0.3) is 5.56 Å². The van der Waals surface area contributed by atoms with Crippen molar-refractivity contribution < 1.29 is 0 Å². The molecule has 1 N–H and O–H groups in total. The Balaban J connectivity index is 1.92. The largest absolute Gasteiger partial charge is 0.309 e. The molecule has 2 aromatic heterocycles. The average Bonchev–Trinajstić information content (AvgIpc) is 2.75. The topological polar surface area (TPSA) is 66.8 Å². The summed E-state index contributed by atoms with van der Waals surface area (Å²) < 4.78 is 1.65. The first-order valence-electron chi connectivity index (χ1n) is 6.80. The van der Waals surface area contributed by atoms with Crippen LogP contribution in [0.4, 0.5) is 0 Å². The smallest absolute Gasteiger partial charge is 0.262 e. The molecule has 6 heteroatoms. The molecule has 1 aliphatic rings. The number of hydrogen-bond donors (Lipinski definition) is 1. The van der Waals surface area contributed by atoms with E-state index in [9.17, 15) is 4.79 Å². The lowest BCUT2D eigenvalue weighted by Gasteiger charge is -2.32. The summed E-state index contributed by atoms with van der Waals surface area (Å²) >= 11 is 0. The maximum atomic E-state index is 12.0. The standard InChI is InChI=1S/C13H19N5O/c1-9-5-3-4-6-18(9)8-11-15-12-10(13(19)16-11)7-14-17(12)2/h7,9H,3-6,8H2,1-2H3,(H,15,16,19). The summed E-state index contributed by atoms with van der Waals surface area (Å²) in [4.78, 5) is 21.7. The molecule has 19 heavy (non-hydrogen) atoms. The van der Waals surface area contributed by atoms with Gasteiger partial charge in [-0.2, -0.15) is 5.10 Å². The molecule has 0 radical (unpaired) electrons. The predicted octanol–water partition coefficient (Wildman–Crippen LogP) is 1.03. The van der Waals surface area contributed by atoms with Crippen molar-refractivity contribution >= 4 is 11.0 Å². The molecule has 0 saturated carbocycles. The second-order valence-corrected chi connectivity index (χ2v) is 5.33. The van der Waals surface area contributed by atoms with Gasteiger partial charge in [0, 0.05) is 13.1 Å². The highest BCUT2D eigenvalue weighted by atomic mass is 16.1. The van der Waals surface area contributed by atoms with Crippen LogP contribution in [0.3, 0.4) is 0 Å². The highest BCUT2D eigenvalue weighted by Crippen LogP contribution is 2.18. The van der Waals surface area contributed by atoms with Crippen molar-refractivity contribution in [1.29, 1.82) is 0 Å². The number of nitrogens with one attached hydrogen (secondary N) is 1. The molecule has 102 valence electrons. The van der Waals surface area contributed by atoms with E-state index in [1.807, 2.05) is 7.05 Å². The molecule has 1 aliphatic heterocycles. The van der Waals surface area contributed by atoms with Crippen LogP contribution in [-0.2, 0) is 13.6 Å². The molecule has 1 atom stereocenters. The summed E-state index contributed by atoms with van der Waals surface area (Å²) in [7, 11) is 1.81. The zero-order valence-electron chi connectivity index (χ0n) is 11.4. The van der Waals surface area contributed by atoms with Crippen LogP contribution in [-0.4, -0.2) is 37.2 Å². The summed E-state index contributed by atoms with van der Waals surface area (Å²) in [5.41, 5.74) is 0.557. The van der Waals surface area contributed by atoms with E-state index in [1.54, 1.807) is 10.9 Å². The number of nitrogens with zero attached hydrogens (tertiary/aromatic N) is 4. The van der Waals surface area contributed by atoms with Gasteiger partial charge in [0.2, 0.25) is 0 Å². The maximum absolute atomic E-state index is 12.0. The van der Waals surface area contributed by atoms with E-state index in [0.717, 1.165) is 12.4 Å². The Morgan fingerprint density at radius 1 is 1.47 bits per heavy atom. The third-order valence-electron chi connectivity index (χ3n) is 3.94. The van der Waals surface area contributed by atoms with E-state index in [-0.39, 0.29) is 5.56 Å². The Morgan fingerprint density at radius 2 is 2.32 bits per heavy atom. The summed E-state index contributed by atoms with van der Waals surface area (Å²) in [6.45, 7) is 4.02. The molecular weight excluding hydrogens is 242 g/mol. The van der Waals surface area contributed by atoms with E-state index in [4.69, 9.17) is 0 Å². The highest BCUT2D eigenvalue weighted by molar-refractivity contribution is 5.72. The number of aromatic nitrogens is 4. The van der Waals surface area contributed by atoms with Crippen LogP contribution in [0.25, 0.3) is 11.0 Å². The molecule has 0 aliphatic carbocycles. The first-order chi connectivity index (χ1) is 9.15. The van der Waals surface area contributed by atoms with Crippen LogP contribution in [0.2, 0.25) is 0 Å². The van der Waals surface area contributed by atoms with Crippen LogP contribution in [0, 0.1) is 0 Å². The van der Waals surface area contributed by atoms with Crippen LogP contribution in [0.5, 0.6) is 0 Å². The molecule has 1 fully saturated rings. The lowest BCUT2D eigenvalue weighted by Crippen LogP contribution is -2.37. The van der Waals surface area contributed by atoms with E-state index in [2.05, 4.69) is 26.9 Å². The maximum Gasteiger partial charge on any atom is 0.262 e. The van der Waals surface area contributed by atoms with Crippen molar-refractivity contribution in [2.24, 2.45) is 7.05 Å². The van der Waals surface area contributed by atoms with E-state index in [0.29, 0.717) is 23.6 Å². The van der Waals surface area contributed by atoms with Gasteiger partial charge in [0.15, 0.2) is 5.65 Å². The Labute approximate surface area is 111 Å². The van der Waals surface area contributed by atoms with Crippen molar-refractivity contribution in [2.45, 2.75) is 38.8 Å². The first kappa shape index (κ1) is 12.3. The molecule has 1 unspecified atom stereocenters.